The van der Waals surface area contributed by atoms with Crippen LogP contribution in [0.2, 0.25) is 0 Å². The number of carbonyl (C=O) groups is 2. The molecule has 6 heteroatoms. The Kier molecular flexibility index (Phi) is 4.28. The Morgan fingerprint density at radius 3 is 2.12 bits per heavy atom. The quantitative estimate of drug-likeness (QED) is 0.661. The fraction of sp³-hybridized carbons (Fsp3) is 0.222. The summed E-state index contributed by atoms with van der Waals surface area (Å²) in [5.41, 5.74) is 0.764. The Hall–Kier alpha value is -2.04. The second-order valence-electron chi connectivity index (χ2n) is 5.68. The van der Waals surface area contributed by atoms with Gasteiger partial charge in [-0.05, 0) is 29.8 Å². The molecule has 1 aliphatic rings. The molecule has 0 aliphatic heterocycles. The minimum Gasteiger partial charge on any atom is -0.465 e. The zero-order valence-electron chi connectivity index (χ0n) is 12.9. The molecule has 1 amide bonds. The first-order valence-corrected chi connectivity index (χ1v) is 8.09. The van der Waals surface area contributed by atoms with E-state index in [9.17, 15) is 9.59 Å². The number of hydrogen-bond donors (Lipinski definition) is 1. The minimum atomic E-state index is -1.13. The summed E-state index contributed by atoms with van der Waals surface area (Å²) in [6, 6.07) is 15.7. The minimum absolute atomic E-state index is 0.274. The van der Waals surface area contributed by atoms with E-state index >= 15 is 0 Å². The van der Waals surface area contributed by atoms with Gasteiger partial charge >= 0.3 is 5.97 Å². The van der Waals surface area contributed by atoms with Crippen molar-refractivity contribution < 1.29 is 14.3 Å². The van der Waals surface area contributed by atoms with Gasteiger partial charge in [-0.1, -0.05) is 30.3 Å². The SMILES string of the molecule is COC(=O)c1ccc(NC(=O)[C@@]2(c3ccccc3)CC2(Cl)Cl)cc1. The highest BCUT2D eigenvalue weighted by Gasteiger charge is 2.72. The molecule has 1 saturated carbocycles. The molecule has 1 N–H and O–H groups in total. The highest BCUT2D eigenvalue weighted by atomic mass is 35.5. The van der Waals surface area contributed by atoms with Gasteiger partial charge in [-0.3, -0.25) is 4.79 Å². The van der Waals surface area contributed by atoms with Gasteiger partial charge in [-0.2, -0.15) is 0 Å². The average Bonchev–Trinajstić information content (AvgIpc) is 3.19. The van der Waals surface area contributed by atoms with Crippen LogP contribution in [0.25, 0.3) is 0 Å². The van der Waals surface area contributed by atoms with Crippen LogP contribution in [-0.2, 0) is 14.9 Å². The van der Waals surface area contributed by atoms with Gasteiger partial charge in [0.2, 0.25) is 5.91 Å². The van der Waals surface area contributed by atoms with Crippen molar-refractivity contribution in [3.8, 4) is 0 Å². The normalized spacial score (nSPS) is 21.0. The van der Waals surface area contributed by atoms with Gasteiger partial charge in [0.15, 0.2) is 0 Å². The van der Waals surface area contributed by atoms with Gasteiger partial charge in [0, 0.05) is 12.1 Å². The third-order valence-corrected chi connectivity index (χ3v) is 5.12. The summed E-state index contributed by atoms with van der Waals surface area (Å²) in [6.45, 7) is 0. The summed E-state index contributed by atoms with van der Waals surface area (Å²) >= 11 is 12.6. The van der Waals surface area contributed by atoms with Gasteiger partial charge in [0.1, 0.15) is 9.75 Å². The molecular weight excluding hydrogens is 349 g/mol. The Balaban J connectivity index is 1.82. The van der Waals surface area contributed by atoms with Crippen LogP contribution >= 0.6 is 23.2 Å². The fourth-order valence-corrected chi connectivity index (χ4v) is 3.54. The molecule has 3 rings (SSSR count). The summed E-state index contributed by atoms with van der Waals surface area (Å²) in [7, 11) is 1.31. The molecule has 2 aromatic carbocycles. The molecule has 0 unspecified atom stereocenters. The molecule has 0 saturated heterocycles. The predicted molar refractivity (Wildman–Crippen MR) is 93.6 cm³/mol. The molecule has 1 fully saturated rings. The predicted octanol–water partition coefficient (Wildman–Crippen LogP) is 3.93. The molecule has 0 heterocycles. The smallest absolute Gasteiger partial charge is 0.337 e. The second kappa shape index (κ2) is 6.11. The Morgan fingerprint density at radius 1 is 1.04 bits per heavy atom. The summed E-state index contributed by atoms with van der Waals surface area (Å²) in [5.74, 6) is -0.708. The summed E-state index contributed by atoms with van der Waals surface area (Å²) in [6.07, 6.45) is 0.346. The first kappa shape index (κ1) is 16.8. The molecule has 24 heavy (non-hydrogen) atoms. The van der Waals surface area contributed by atoms with Crippen molar-refractivity contribution in [2.45, 2.75) is 16.2 Å². The van der Waals surface area contributed by atoms with Gasteiger partial charge in [-0.15, -0.1) is 23.2 Å². The number of alkyl halides is 2. The molecule has 4 nitrogen and oxygen atoms in total. The fourth-order valence-electron chi connectivity index (χ4n) is 2.75. The van der Waals surface area contributed by atoms with E-state index in [4.69, 9.17) is 23.2 Å². The lowest BCUT2D eigenvalue weighted by Gasteiger charge is -2.18. The first-order valence-electron chi connectivity index (χ1n) is 7.34. The van der Waals surface area contributed by atoms with Crippen LogP contribution < -0.4 is 5.32 Å². The van der Waals surface area contributed by atoms with E-state index in [-0.39, 0.29) is 5.91 Å². The number of carbonyl (C=O) groups excluding carboxylic acids is 2. The number of esters is 1. The van der Waals surface area contributed by atoms with Crippen molar-refractivity contribution in [2.75, 3.05) is 12.4 Å². The number of halogens is 2. The van der Waals surface area contributed by atoms with E-state index in [1.807, 2.05) is 30.3 Å². The van der Waals surface area contributed by atoms with Crippen LogP contribution in [0.3, 0.4) is 0 Å². The van der Waals surface area contributed by atoms with E-state index in [1.165, 1.54) is 7.11 Å². The van der Waals surface area contributed by atoms with E-state index < -0.39 is 15.7 Å². The average molecular weight is 364 g/mol. The molecule has 0 bridgehead atoms. The third-order valence-electron chi connectivity index (χ3n) is 4.20. The van der Waals surface area contributed by atoms with Crippen molar-refractivity contribution in [2.24, 2.45) is 0 Å². The highest BCUT2D eigenvalue weighted by molar-refractivity contribution is 6.54. The van der Waals surface area contributed by atoms with Crippen molar-refractivity contribution in [3.63, 3.8) is 0 Å². The van der Waals surface area contributed by atoms with Crippen LogP contribution in [0, 0.1) is 0 Å². The maximum atomic E-state index is 12.8. The lowest BCUT2D eigenvalue weighted by molar-refractivity contribution is -0.118. The Bertz CT molecular complexity index is 775. The lowest BCUT2D eigenvalue weighted by atomic mass is 9.94. The van der Waals surface area contributed by atoms with E-state index in [1.54, 1.807) is 24.3 Å². The maximum Gasteiger partial charge on any atom is 0.337 e. The zero-order chi connectivity index (χ0) is 17.4. The molecule has 124 valence electrons. The number of benzene rings is 2. The maximum absolute atomic E-state index is 12.8. The summed E-state index contributed by atoms with van der Waals surface area (Å²) < 4.78 is 3.51. The number of rotatable bonds is 4. The van der Waals surface area contributed by atoms with Gasteiger partial charge in [0.05, 0.1) is 12.7 Å². The molecule has 2 aromatic rings. The summed E-state index contributed by atoms with van der Waals surface area (Å²) in [4.78, 5) is 24.3. The highest BCUT2D eigenvalue weighted by Crippen LogP contribution is 2.65. The van der Waals surface area contributed by atoms with Crippen LogP contribution in [-0.4, -0.2) is 23.3 Å². The standard InChI is InChI=1S/C18H15Cl2NO3/c1-24-15(22)12-7-9-14(10-8-12)21-16(23)17(11-18(17,19)20)13-5-3-2-4-6-13/h2-10H,11H2,1H3,(H,21,23)/t17-/m0/s1. The molecule has 1 aliphatic carbocycles. The lowest BCUT2D eigenvalue weighted by Crippen LogP contribution is -2.32. The number of ether oxygens (including phenoxy) is 1. The topological polar surface area (TPSA) is 55.4 Å². The molecule has 1 atom stereocenters. The summed E-state index contributed by atoms with van der Waals surface area (Å²) in [5, 5.41) is 2.82. The van der Waals surface area contributed by atoms with Gasteiger partial charge in [0.25, 0.3) is 0 Å². The number of nitrogens with one attached hydrogen (secondary N) is 1. The van der Waals surface area contributed by atoms with Crippen molar-refractivity contribution in [1.82, 2.24) is 0 Å². The number of anilines is 1. The largest absolute Gasteiger partial charge is 0.465 e. The number of hydrogen-bond acceptors (Lipinski definition) is 3. The molecule has 0 aromatic heterocycles. The van der Waals surface area contributed by atoms with Crippen LogP contribution in [0.5, 0.6) is 0 Å². The first-order chi connectivity index (χ1) is 11.4. The van der Waals surface area contributed by atoms with Crippen molar-refractivity contribution >= 4 is 40.8 Å². The van der Waals surface area contributed by atoms with E-state index in [2.05, 4.69) is 10.1 Å². The molecule has 0 radical (unpaired) electrons. The number of amides is 1. The second-order valence-corrected chi connectivity index (χ2v) is 7.16. The van der Waals surface area contributed by atoms with Gasteiger partial charge < -0.3 is 10.1 Å². The van der Waals surface area contributed by atoms with E-state index in [0.717, 1.165) is 5.56 Å². The molecular formula is C18H15Cl2NO3. The number of methoxy groups -OCH3 is 1. The van der Waals surface area contributed by atoms with Crippen LogP contribution in [0.1, 0.15) is 22.3 Å². The van der Waals surface area contributed by atoms with Crippen LogP contribution in [0.15, 0.2) is 54.6 Å². The van der Waals surface area contributed by atoms with Crippen molar-refractivity contribution in [1.29, 1.82) is 0 Å². The Labute approximate surface area is 149 Å². The van der Waals surface area contributed by atoms with E-state index in [0.29, 0.717) is 17.7 Å². The monoisotopic (exact) mass is 363 g/mol. The van der Waals surface area contributed by atoms with Crippen molar-refractivity contribution in [3.05, 3.63) is 65.7 Å². The third kappa shape index (κ3) is 2.76. The Morgan fingerprint density at radius 2 is 1.62 bits per heavy atom. The zero-order valence-corrected chi connectivity index (χ0v) is 14.4. The van der Waals surface area contributed by atoms with Crippen LogP contribution in [0.4, 0.5) is 5.69 Å². The van der Waals surface area contributed by atoms with Gasteiger partial charge in [-0.25, -0.2) is 4.79 Å². The molecule has 0 spiro atoms.